The van der Waals surface area contributed by atoms with Crippen molar-refractivity contribution < 1.29 is 29.3 Å². The Hall–Kier alpha value is -2.58. The number of hydrogen-bond acceptors (Lipinski definition) is 6. The van der Waals surface area contributed by atoms with Gasteiger partial charge in [0.1, 0.15) is 6.10 Å². The lowest BCUT2D eigenvalue weighted by Gasteiger charge is -2.46. The predicted octanol–water partition coefficient (Wildman–Crippen LogP) is 4.24. The molecule has 5 atom stereocenters. The predicted molar refractivity (Wildman–Crippen MR) is 141 cm³/mol. The number of allylic oxidation sites excluding steroid dienone is 1. The number of ether oxygens (including phenoxy) is 1. The number of benzene rings is 1. The first-order valence-corrected chi connectivity index (χ1v) is 13.5. The van der Waals surface area contributed by atoms with Gasteiger partial charge in [-0.3, -0.25) is 9.69 Å². The second-order valence-corrected chi connectivity index (χ2v) is 11.6. The number of rotatable bonds is 3. The van der Waals surface area contributed by atoms with Gasteiger partial charge in [-0.15, -0.1) is 0 Å². The Morgan fingerprint density at radius 2 is 1.84 bits per heavy atom. The summed E-state index contributed by atoms with van der Waals surface area (Å²) < 4.78 is 5.95. The minimum atomic E-state index is -1.82. The summed E-state index contributed by atoms with van der Waals surface area (Å²) in [5.41, 5.74) is 4.33. The number of aryl methyl sites for hydroxylation is 1. The van der Waals surface area contributed by atoms with Gasteiger partial charge in [0, 0.05) is 49.4 Å². The molecule has 9 heteroatoms. The standard InChI is InChI=1S/C26H35ClN2O2.C2H2O4/c1-17-5-4-8-26(3)15-24-20(14-22(17)26)21(25(30)31-24)16-28-9-11-29(12-10-28)23-13-19(27)7-6-18(23)2;3-1(4)2(5)6/h6-7,13-14,17,20-21,24H,4-5,8-12,15-16H2,1-3H3;(H,3,4)(H,5,6)/t17-,20+,21?,24+,26+;/m0./s1. The van der Waals surface area contributed by atoms with Gasteiger partial charge in [-0.1, -0.05) is 49.6 Å². The number of carboxylic acids is 2. The highest BCUT2D eigenvalue weighted by atomic mass is 35.5. The normalized spacial score (nSPS) is 31.3. The lowest BCUT2D eigenvalue weighted by atomic mass is 9.59. The Labute approximate surface area is 223 Å². The fourth-order valence-corrected chi connectivity index (χ4v) is 6.80. The average molecular weight is 533 g/mol. The zero-order chi connectivity index (χ0) is 26.9. The fraction of sp³-hybridized carbons (Fsp3) is 0.607. The molecule has 2 aliphatic carbocycles. The number of esters is 1. The number of fused-ring (bicyclic) bond motifs is 2. The third-order valence-corrected chi connectivity index (χ3v) is 8.84. The molecular weight excluding hydrogens is 496 g/mol. The summed E-state index contributed by atoms with van der Waals surface area (Å²) in [6.45, 7) is 11.6. The summed E-state index contributed by atoms with van der Waals surface area (Å²) >= 11 is 6.23. The number of hydrogen-bond donors (Lipinski definition) is 2. The second kappa shape index (κ2) is 11.0. The first-order chi connectivity index (χ1) is 17.5. The van der Waals surface area contributed by atoms with Crippen LogP contribution in [-0.2, 0) is 19.1 Å². The maximum absolute atomic E-state index is 12.9. The summed E-state index contributed by atoms with van der Waals surface area (Å²) in [6.07, 6.45) is 7.37. The molecule has 8 nitrogen and oxygen atoms in total. The van der Waals surface area contributed by atoms with Gasteiger partial charge in [0.15, 0.2) is 0 Å². The molecule has 0 aromatic heterocycles. The molecule has 1 aromatic carbocycles. The molecule has 0 radical (unpaired) electrons. The smallest absolute Gasteiger partial charge is 0.414 e. The summed E-state index contributed by atoms with van der Waals surface area (Å²) in [4.78, 5) is 36.0. The summed E-state index contributed by atoms with van der Waals surface area (Å²) in [5, 5.41) is 15.6. The summed E-state index contributed by atoms with van der Waals surface area (Å²) in [6, 6.07) is 6.12. The quantitative estimate of drug-likeness (QED) is 0.338. The van der Waals surface area contributed by atoms with E-state index in [1.165, 1.54) is 30.5 Å². The summed E-state index contributed by atoms with van der Waals surface area (Å²) in [7, 11) is 0. The molecule has 1 unspecified atom stereocenters. The molecule has 2 aliphatic heterocycles. The molecule has 1 saturated carbocycles. The lowest BCUT2D eigenvalue weighted by Crippen LogP contribution is -2.49. The summed E-state index contributed by atoms with van der Waals surface area (Å²) in [5.74, 6) is -2.75. The molecule has 0 spiro atoms. The van der Waals surface area contributed by atoms with Crippen LogP contribution < -0.4 is 4.90 Å². The van der Waals surface area contributed by atoms with Crippen molar-refractivity contribution in [1.82, 2.24) is 4.90 Å². The number of piperazine rings is 1. The van der Waals surface area contributed by atoms with Crippen molar-refractivity contribution in [3.8, 4) is 0 Å². The van der Waals surface area contributed by atoms with Crippen LogP contribution in [0.5, 0.6) is 0 Å². The zero-order valence-electron chi connectivity index (χ0n) is 21.8. The van der Waals surface area contributed by atoms with Crippen molar-refractivity contribution in [3.05, 3.63) is 40.4 Å². The Morgan fingerprint density at radius 3 is 2.49 bits per heavy atom. The molecule has 3 fully saturated rings. The van der Waals surface area contributed by atoms with Crippen LogP contribution >= 0.6 is 11.6 Å². The number of anilines is 1. The molecular formula is C28H37ClN2O6. The van der Waals surface area contributed by atoms with Crippen molar-refractivity contribution in [3.63, 3.8) is 0 Å². The van der Waals surface area contributed by atoms with Crippen molar-refractivity contribution in [2.24, 2.45) is 23.2 Å². The topological polar surface area (TPSA) is 107 Å². The lowest BCUT2D eigenvalue weighted by molar-refractivity contribution is -0.159. The Bertz CT molecular complexity index is 1070. The number of nitrogens with zero attached hydrogens (tertiary/aromatic N) is 2. The third kappa shape index (κ3) is 5.96. The number of carboxylic acid groups (broad SMARTS) is 2. The fourth-order valence-electron chi connectivity index (χ4n) is 6.63. The van der Waals surface area contributed by atoms with Crippen LogP contribution in [-0.4, -0.2) is 71.8 Å². The van der Waals surface area contributed by atoms with E-state index in [2.05, 4.69) is 48.8 Å². The number of carbonyl (C=O) groups excluding carboxylic acids is 1. The van der Waals surface area contributed by atoms with E-state index >= 15 is 0 Å². The van der Waals surface area contributed by atoms with Gasteiger partial charge in [0.05, 0.1) is 5.92 Å². The monoisotopic (exact) mass is 532 g/mol. The Balaban J connectivity index is 0.000000480. The number of carbonyl (C=O) groups is 3. The molecule has 37 heavy (non-hydrogen) atoms. The minimum Gasteiger partial charge on any atom is -0.473 e. The van der Waals surface area contributed by atoms with E-state index < -0.39 is 11.9 Å². The SMILES string of the molecule is Cc1ccc(Cl)cc1N1CCN(CC2C(=O)O[C@@H]3C[C@@]4(C)CCC[C@H](C)C4=C[C@H]23)CC1.O=C(O)C(=O)O. The van der Waals surface area contributed by atoms with Gasteiger partial charge in [0.25, 0.3) is 0 Å². The van der Waals surface area contributed by atoms with E-state index in [4.69, 9.17) is 36.1 Å². The van der Waals surface area contributed by atoms with Gasteiger partial charge in [-0.2, -0.15) is 0 Å². The molecule has 2 saturated heterocycles. The molecule has 2 N–H and O–H groups in total. The maximum atomic E-state index is 12.9. The zero-order valence-corrected chi connectivity index (χ0v) is 22.5. The molecule has 202 valence electrons. The average Bonchev–Trinajstić information content (AvgIpc) is 3.13. The van der Waals surface area contributed by atoms with Crippen LogP contribution in [0.1, 0.15) is 45.1 Å². The van der Waals surface area contributed by atoms with Crippen LogP contribution in [0.2, 0.25) is 5.02 Å². The van der Waals surface area contributed by atoms with E-state index in [9.17, 15) is 4.79 Å². The van der Waals surface area contributed by atoms with Crippen LogP contribution in [0.15, 0.2) is 29.8 Å². The van der Waals surface area contributed by atoms with E-state index in [1.54, 1.807) is 5.57 Å². The first kappa shape index (κ1) is 27.5. The molecule has 1 aromatic rings. The van der Waals surface area contributed by atoms with E-state index in [-0.39, 0.29) is 29.3 Å². The molecule has 0 bridgehead atoms. The van der Waals surface area contributed by atoms with Crippen LogP contribution in [0.4, 0.5) is 5.69 Å². The van der Waals surface area contributed by atoms with Crippen molar-refractivity contribution >= 4 is 35.2 Å². The minimum absolute atomic E-state index is 0.0179. The van der Waals surface area contributed by atoms with E-state index in [1.807, 2.05) is 6.07 Å². The van der Waals surface area contributed by atoms with Crippen LogP contribution in [0.25, 0.3) is 0 Å². The largest absolute Gasteiger partial charge is 0.473 e. The maximum Gasteiger partial charge on any atom is 0.414 e. The van der Waals surface area contributed by atoms with Crippen LogP contribution in [0.3, 0.4) is 0 Å². The highest BCUT2D eigenvalue weighted by Gasteiger charge is 2.52. The third-order valence-electron chi connectivity index (χ3n) is 8.60. The van der Waals surface area contributed by atoms with Crippen molar-refractivity contribution in [1.29, 1.82) is 0 Å². The van der Waals surface area contributed by atoms with Gasteiger partial charge in [-0.05, 0) is 55.2 Å². The van der Waals surface area contributed by atoms with Gasteiger partial charge in [-0.25, -0.2) is 9.59 Å². The highest BCUT2D eigenvalue weighted by molar-refractivity contribution is 6.30. The van der Waals surface area contributed by atoms with Crippen molar-refractivity contribution in [2.75, 3.05) is 37.6 Å². The second-order valence-electron chi connectivity index (χ2n) is 11.2. The first-order valence-electron chi connectivity index (χ1n) is 13.1. The van der Waals surface area contributed by atoms with Crippen molar-refractivity contribution in [2.45, 2.75) is 52.6 Å². The Morgan fingerprint density at radius 1 is 1.16 bits per heavy atom. The van der Waals surface area contributed by atoms with E-state index in [0.717, 1.165) is 44.2 Å². The van der Waals surface area contributed by atoms with Gasteiger partial charge in [0.2, 0.25) is 0 Å². The number of halogens is 1. The van der Waals surface area contributed by atoms with Gasteiger partial charge >= 0.3 is 17.9 Å². The molecule has 5 rings (SSSR count). The van der Waals surface area contributed by atoms with Gasteiger partial charge < -0.3 is 19.8 Å². The van der Waals surface area contributed by atoms with E-state index in [0.29, 0.717) is 5.92 Å². The highest BCUT2D eigenvalue weighted by Crippen LogP contribution is 2.54. The Kier molecular flexibility index (Phi) is 8.19. The molecule has 0 amide bonds. The molecule has 2 heterocycles. The number of aliphatic carboxylic acids is 2. The molecule has 4 aliphatic rings. The van der Waals surface area contributed by atoms with Crippen LogP contribution in [0, 0.1) is 30.1 Å².